The summed E-state index contributed by atoms with van der Waals surface area (Å²) in [4.78, 5) is 10.6. The number of aromatic carboxylic acids is 1. The van der Waals surface area contributed by atoms with Crippen LogP contribution in [0.2, 0.25) is 0 Å². The van der Waals surface area contributed by atoms with Crippen LogP contribution < -0.4 is 4.72 Å². The molecule has 2 heterocycles. The lowest BCUT2D eigenvalue weighted by Gasteiger charge is -2.05. The summed E-state index contributed by atoms with van der Waals surface area (Å²) < 4.78 is 33.1. The van der Waals surface area contributed by atoms with E-state index in [9.17, 15) is 13.2 Å². The van der Waals surface area contributed by atoms with Crippen molar-refractivity contribution in [1.29, 1.82) is 0 Å². The molecule has 0 aliphatic heterocycles. The molecule has 2 aromatic rings. The van der Waals surface area contributed by atoms with Gasteiger partial charge in [-0.2, -0.15) is 5.10 Å². The van der Waals surface area contributed by atoms with Crippen molar-refractivity contribution < 1.29 is 22.7 Å². The number of furan rings is 1. The molecular formula is C12H15N3O5S. The zero-order valence-corrected chi connectivity index (χ0v) is 12.1. The SMILES string of the molecule is Cc1oc(C(=O)O)cc1S(=O)(=O)NCCCn1cccn1. The molecule has 0 saturated carbocycles. The first-order valence-electron chi connectivity index (χ1n) is 6.21. The average Bonchev–Trinajstić information content (AvgIpc) is 3.04. The molecule has 0 fully saturated rings. The fraction of sp³-hybridized carbons (Fsp3) is 0.333. The van der Waals surface area contributed by atoms with Crippen LogP contribution in [0.5, 0.6) is 0 Å². The highest BCUT2D eigenvalue weighted by atomic mass is 32.2. The van der Waals surface area contributed by atoms with Gasteiger partial charge in [0.1, 0.15) is 10.7 Å². The molecule has 0 bridgehead atoms. The number of hydrogen-bond acceptors (Lipinski definition) is 5. The van der Waals surface area contributed by atoms with Gasteiger partial charge >= 0.3 is 5.97 Å². The van der Waals surface area contributed by atoms with Crippen molar-refractivity contribution >= 4 is 16.0 Å². The third-order valence-electron chi connectivity index (χ3n) is 2.79. The normalized spacial score (nSPS) is 11.7. The lowest BCUT2D eigenvalue weighted by atomic mass is 10.4. The Balaban J connectivity index is 1.96. The zero-order chi connectivity index (χ0) is 15.5. The first-order valence-corrected chi connectivity index (χ1v) is 7.69. The van der Waals surface area contributed by atoms with Gasteiger partial charge in [0, 0.05) is 31.5 Å². The predicted octanol–water partition coefficient (Wildman–Crippen LogP) is 0.851. The largest absolute Gasteiger partial charge is 0.475 e. The van der Waals surface area contributed by atoms with E-state index in [2.05, 4.69) is 9.82 Å². The second-order valence-electron chi connectivity index (χ2n) is 4.36. The van der Waals surface area contributed by atoms with Crippen molar-refractivity contribution in [2.45, 2.75) is 24.8 Å². The van der Waals surface area contributed by atoms with Crippen LogP contribution >= 0.6 is 0 Å². The lowest BCUT2D eigenvalue weighted by Crippen LogP contribution is -2.25. The summed E-state index contributed by atoms with van der Waals surface area (Å²) in [5.41, 5.74) is 0. The van der Waals surface area contributed by atoms with Crippen LogP contribution in [0.15, 0.2) is 33.8 Å². The molecule has 2 aromatic heterocycles. The van der Waals surface area contributed by atoms with Crippen LogP contribution in [0.1, 0.15) is 22.7 Å². The highest BCUT2D eigenvalue weighted by Gasteiger charge is 2.23. The second kappa shape index (κ2) is 6.10. The number of nitrogens with one attached hydrogen (secondary N) is 1. The molecular weight excluding hydrogens is 298 g/mol. The van der Waals surface area contributed by atoms with Crippen LogP contribution in [-0.4, -0.2) is 35.8 Å². The maximum atomic E-state index is 12.1. The highest BCUT2D eigenvalue weighted by molar-refractivity contribution is 7.89. The van der Waals surface area contributed by atoms with Crippen LogP contribution in [0, 0.1) is 6.92 Å². The minimum absolute atomic E-state index is 0.0481. The van der Waals surface area contributed by atoms with E-state index in [0.717, 1.165) is 6.07 Å². The van der Waals surface area contributed by atoms with Gasteiger partial charge in [-0.25, -0.2) is 17.9 Å². The van der Waals surface area contributed by atoms with E-state index in [-0.39, 0.29) is 17.2 Å². The minimum atomic E-state index is -3.78. The van der Waals surface area contributed by atoms with E-state index < -0.39 is 21.8 Å². The van der Waals surface area contributed by atoms with Crippen molar-refractivity contribution in [1.82, 2.24) is 14.5 Å². The van der Waals surface area contributed by atoms with Gasteiger partial charge in [-0.15, -0.1) is 0 Å². The standard InChI is InChI=1S/C12H15N3O5S/c1-9-11(8-10(20-9)12(16)17)21(18,19)14-5-3-7-15-6-2-4-13-15/h2,4,6,8,14H,3,5,7H2,1H3,(H,16,17). The molecule has 21 heavy (non-hydrogen) atoms. The van der Waals surface area contributed by atoms with Gasteiger partial charge in [0.2, 0.25) is 15.8 Å². The number of sulfonamides is 1. The fourth-order valence-corrected chi connectivity index (χ4v) is 3.05. The van der Waals surface area contributed by atoms with Crippen LogP contribution in [-0.2, 0) is 16.6 Å². The summed E-state index contributed by atoms with van der Waals surface area (Å²) in [6.07, 6.45) is 3.99. The van der Waals surface area contributed by atoms with E-state index in [1.54, 1.807) is 23.1 Å². The van der Waals surface area contributed by atoms with Crippen molar-refractivity contribution in [3.05, 3.63) is 36.0 Å². The number of nitrogens with zero attached hydrogens (tertiary/aromatic N) is 2. The number of aromatic nitrogens is 2. The number of rotatable bonds is 7. The van der Waals surface area contributed by atoms with E-state index in [1.165, 1.54) is 6.92 Å². The van der Waals surface area contributed by atoms with Gasteiger partial charge in [-0.05, 0) is 19.4 Å². The predicted molar refractivity (Wildman–Crippen MR) is 72.4 cm³/mol. The molecule has 0 unspecified atom stereocenters. The van der Waals surface area contributed by atoms with Gasteiger partial charge in [0.05, 0.1) is 0 Å². The molecule has 114 valence electrons. The molecule has 9 heteroatoms. The number of carbonyl (C=O) groups is 1. The minimum Gasteiger partial charge on any atom is -0.475 e. The molecule has 0 radical (unpaired) electrons. The summed E-state index contributed by atoms with van der Waals surface area (Å²) in [5.74, 6) is -1.66. The van der Waals surface area contributed by atoms with E-state index in [0.29, 0.717) is 13.0 Å². The maximum absolute atomic E-state index is 12.1. The van der Waals surface area contributed by atoms with E-state index in [4.69, 9.17) is 9.52 Å². The molecule has 0 atom stereocenters. The molecule has 2 rings (SSSR count). The molecule has 0 amide bonds. The van der Waals surface area contributed by atoms with Crippen LogP contribution in [0.25, 0.3) is 0 Å². The fourth-order valence-electron chi connectivity index (χ4n) is 1.80. The van der Waals surface area contributed by atoms with Crippen LogP contribution in [0.4, 0.5) is 0 Å². The van der Waals surface area contributed by atoms with Crippen molar-refractivity contribution in [2.75, 3.05) is 6.54 Å². The van der Waals surface area contributed by atoms with Crippen molar-refractivity contribution in [3.8, 4) is 0 Å². The van der Waals surface area contributed by atoms with Gasteiger partial charge in [-0.1, -0.05) is 0 Å². The third kappa shape index (κ3) is 3.70. The number of hydrogen-bond donors (Lipinski definition) is 2. The van der Waals surface area contributed by atoms with Gasteiger partial charge < -0.3 is 9.52 Å². The van der Waals surface area contributed by atoms with Crippen LogP contribution in [0.3, 0.4) is 0 Å². The summed E-state index contributed by atoms with van der Waals surface area (Å²) in [5, 5.41) is 12.8. The number of aryl methyl sites for hydroxylation is 2. The Labute approximate surface area is 121 Å². The highest BCUT2D eigenvalue weighted by Crippen LogP contribution is 2.19. The number of carboxylic acid groups (broad SMARTS) is 1. The smallest absolute Gasteiger partial charge is 0.371 e. The summed E-state index contributed by atoms with van der Waals surface area (Å²) in [6, 6.07) is 2.79. The zero-order valence-electron chi connectivity index (χ0n) is 11.3. The molecule has 0 aliphatic carbocycles. The van der Waals surface area contributed by atoms with Crippen molar-refractivity contribution in [3.63, 3.8) is 0 Å². The van der Waals surface area contributed by atoms with Gasteiger partial charge in [0.25, 0.3) is 0 Å². The molecule has 2 N–H and O–H groups in total. The Bertz CT molecular complexity index is 718. The third-order valence-corrected chi connectivity index (χ3v) is 4.36. The Hall–Kier alpha value is -2.13. The molecule has 0 aromatic carbocycles. The Morgan fingerprint density at radius 2 is 2.29 bits per heavy atom. The molecule has 0 saturated heterocycles. The topological polar surface area (TPSA) is 114 Å². The average molecular weight is 313 g/mol. The molecule has 0 spiro atoms. The maximum Gasteiger partial charge on any atom is 0.371 e. The summed E-state index contributed by atoms with van der Waals surface area (Å²) in [7, 11) is -3.78. The quantitative estimate of drug-likeness (QED) is 0.732. The second-order valence-corrected chi connectivity index (χ2v) is 6.09. The van der Waals surface area contributed by atoms with Crippen molar-refractivity contribution in [2.24, 2.45) is 0 Å². The molecule has 8 nitrogen and oxygen atoms in total. The number of carboxylic acids is 1. The monoisotopic (exact) mass is 313 g/mol. The lowest BCUT2D eigenvalue weighted by molar-refractivity contribution is 0.0661. The summed E-state index contributed by atoms with van der Waals surface area (Å²) in [6.45, 7) is 2.21. The first-order chi connectivity index (χ1) is 9.90. The Kier molecular flexibility index (Phi) is 4.43. The molecule has 0 aliphatic rings. The Morgan fingerprint density at radius 1 is 1.52 bits per heavy atom. The van der Waals surface area contributed by atoms with E-state index >= 15 is 0 Å². The van der Waals surface area contributed by atoms with E-state index in [1.807, 2.05) is 0 Å². The van der Waals surface area contributed by atoms with Gasteiger partial charge in [-0.3, -0.25) is 4.68 Å². The Morgan fingerprint density at radius 3 is 2.86 bits per heavy atom. The van der Waals surface area contributed by atoms with Gasteiger partial charge in [0.15, 0.2) is 0 Å². The summed E-state index contributed by atoms with van der Waals surface area (Å²) >= 11 is 0. The first kappa shape index (κ1) is 15.3.